The Morgan fingerprint density at radius 1 is 1.21 bits per heavy atom. The quantitative estimate of drug-likeness (QED) is 0.396. The minimum absolute atomic E-state index is 0.512. The third kappa shape index (κ3) is 3.34. The van der Waals surface area contributed by atoms with E-state index in [0.717, 1.165) is 32.6 Å². The third-order valence-corrected chi connectivity index (χ3v) is 5.27. The summed E-state index contributed by atoms with van der Waals surface area (Å²) in [5.41, 5.74) is 3.20. The van der Waals surface area contributed by atoms with E-state index in [2.05, 4.69) is 41.3 Å². The zero-order chi connectivity index (χ0) is 20.0. The summed E-state index contributed by atoms with van der Waals surface area (Å²) in [6.07, 6.45) is 4.18. The average molecular weight is 470 g/mol. The number of halogens is 2. The molecule has 0 spiro atoms. The van der Waals surface area contributed by atoms with Gasteiger partial charge in [-0.1, -0.05) is 27.5 Å². The first-order valence-electron chi connectivity index (χ1n) is 8.83. The zero-order valence-electron chi connectivity index (χ0n) is 15.2. The van der Waals surface area contributed by atoms with Crippen molar-refractivity contribution in [1.82, 2.24) is 29.8 Å². The van der Waals surface area contributed by atoms with Crippen LogP contribution >= 0.6 is 27.5 Å². The number of aromatic nitrogens is 6. The lowest BCUT2D eigenvalue weighted by Crippen LogP contribution is -1.99. The highest BCUT2D eigenvalue weighted by molar-refractivity contribution is 9.10. The Morgan fingerprint density at radius 3 is 2.97 bits per heavy atom. The molecule has 0 atom stereocenters. The molecule has 0 saturated carbocycles. The Morgan fingerprint density at radius 2 is 2.10 bits per heavy atom. The number of nitrogens with one attached hydrogen (secondary N) is 1. The van der Waals surface area contributed by atoms with E-state index in [9.17, 15) is 0 Å². The smallest absolute Gasteiger partial charge is 0.204 e. The molecule has 0 fully saturated rings. The van der Waals surface area contributed by atoms with Crippen molar-refractivity contribution in [2.75, 3.05) is 0 Å². The molecule has 0 aliphatic heterocycles. The lowest BCUT2D eigenvalue weighted by Gasteiger charge is -2.11. The highest BCUT2D eigenvalue weighted by Gasteiger charge is 2.16. The maximum Gasteiger partial charge on any atom is 0.204 e. The SMILES string of the molecule is Cc1ccn2c(Cc3n[nH]c4ncccc34)nnc2c1Oc1cc(Cl)cc(Br)c1. The molecule has 0 aliphatic rings. The summed E-state index contributed by atoms with van der Waals surface area (Å²) in [5.74, 6) is 2.01. The van der Waals surface area contributed by atoms with E-state index in [0.29, 0.717) is 28.6 Å². The number of hydrogen-bond acceptors (Lipinski definition) is 5. The van der Waals surface area contributed by atoms with Gasteiger partial charge in [-0.25, -0.2) is 4.98 Å². The van der Waals surface area contributed by atoms with E-state index in [1.807, 2.05) is 41.8 Å². The van der Waals surface area contributed by atoms with E-state index in [4.69, 9.17) is 16.3 Å². The summed E-state index contributed by atoms with van der Waals surface area (Å²) in [7, 11) is 0. The molecule has 9 heteroatoms. The molecule has 4 heterocycles. The molecule has 29 heavy (non-hydrogen) atoms. The standard InChI is InChI=1S/C20H14BrClN6O/c1-11-4-6-28-17(10-16-15-3-2-5-23-19(15)26-24-16)25-27-20(28)18(11)29-14-8-12(21)7-13(22)9-14/h2-9H,10H2,1H3,(H,23,24,26). The van der Waals surface area contributed by atoms with Crippen LogP contribution in [0.2, 0.25) is 5.02 Å². The molecule has 5 rings (SSSR count). The number of pyridine rings is 2. The first-order valence-corrected chi connectivity index (χ1v) is 10.0. The fourth-order valence-electron chi connectivity index (χ4n) is 3.22. The lowest BCUT2D eigenvalue weighted by molar-refractivity contribution is 0.480. The molecule has 144 valence electrons. The van der Waals surface area contributed by atoms with Crippen molar-refractivity contribution >= 4 is 44.2 Å². The molecule has 5 aromatic rings. The van der Waals surface area contributed by atoms with E-state index >= 15 is 0 Å². The Bertz CT molecular complexity index is 1340. The maximum atomic E-state index is 6.15. The second-order valence-electron chi connectivity index (χ2n) is 6.59. The minimum atomic E-state index is 0.512. The van der Waals surface area contributed by atoms with E-state index in [-0.39, 0.29) is 0 Å². The number of fused-ring (bicyclic) bond motifs is 2. The monoisotopic (exact) mass is 468 g/mol. The molecular formula is C20H14BrClN6O. The highest BCUT2D eigenvalue weighted by atomic mass is 79.9. The van der Waals surface area contributed by atoms with Crippen LogP contribution in [0, 0.1) is 6.92 Å². The van der Waals surface area contributed by atoms with Crippen LogP contribution in [0.25, 0.3) is 16.7 Å². The van der Waals surface area contributed by atoms with Crippen LogP contribution < -0.4 is 4.74 Å². The number of nitrogens with zero attached hydrogens (tertiary/aromatic N) is 5. The average Bonchev–Trinajstić information content (AvgIpc) is 3.28. The van der Waals surface area contributed by atoms with E-state index in [1.54, 1.807) is 18.3 Å². The summed E-state index contributed by atoms with van der Waals surface area (Å²) < 4.78 is 8.89. The van der Waals surface area contributed by atoms with Crippen LogP contribution in [-0.4, -0.2) is 29.8 Å². The van der Waals surface area contributed by atoms with Crippen molar-refractivity contribution < 1.29 is 4.74 Å². The largest absolute Gasteiger partial charge is 0.453 e. The summed E-state index contributed by atoms with van der Waals surface area (Å²) in [6.45, 7) is 1.97. The van der Waals surface area contributed by atoms with Crippen LogP contribution in [0.1, 0.15) is 17.1 Å². The van der Waals surface area contributed by atoms with Gasteiger partial charge in [0.2, 0.25) is 5.65 Å². The number of aromatic amines is 1. The molecule has 0 saturated heterocycles. The Hall–Kier alpha value is -2.97. The predicted molar refractivity (Wildman–Crippen MR) is 114 cm³/mol. The van der Waals surface area contributed by atoms with Gasteiger partial charge in [0.25, 0.3) is 0 Å². The molecule has 4 aromatic heterocycles. The van der Waals surface area contributed by atoms with Gasteiger partial charge in [-0.3, -0.25) is 9.50 Å². The van der Waals surface area contributed by atoms with Crippen LogP contribution in [0.4, 0.5) is 0 Å². The van der Waals surface area contributed by atoms with Gasteiger partial charge in [0, 0.05) is 27.3 Å². The van der Waals surface area contributed by atoms with Crippen molar-refractivity contribution in [1.29, 1.82) is 0 Å². The van der Waals surface area contributed by atoms with Gasteiger partial charge >= 0.3 is 0 Å². The second kappa shape index (κ2) is 7.13. The Labute approximate surface area is 178 Å². The van der Waals surface area contributed by atoms with Crippen LogP contribution in [0.3, 0.4) is 0 Å². The number of rotatable bonds is 4. The van der Waals surface area contributed by atoms with Gasteiger partial charge in [-0.05, 0) is 48.9 Å². The normalized spacial score (nSPS) is 11.4. The van der Waals surface area contributed by atoms with Crippen LogP contribution in [0.5, 0.6) is 11.5 Å². The topological polar surface area (TPSA) is 81.0 Å². The molecule has 0 aliphatic carbocycles. The number of benzene rings is 1. The Kier molecular flexibility index (Phi) is 4.44. The third-order valence-electron chi connectivity index (χ3n) is 4.60. The van der Waals surface area contributed by atoms with Crippen molar-refractivity contribution in [3.8, 4) is 11.5 Å². The van der Waals surface area contributed by atoms with Gasteiger partial charge in [0.15, 0.2) is 11.4 Å². The molecule has 0 bridgehead atoms. The van der Waals surface area contributed by atoms with E-state index < -0.39 is 0 Å². The molecule has 7 nitrogen and oxygen atoms in total. The maximum absolute atomic E-state index is 6.15. The fraction of sp³-hybridized carbons (Fsp3) is 0.100. The van der Waals surface area contributed by atoms with Crippen LogP contribution in [-0.2, 0) is 6.42 Å². The summed E-state index contributed by atoms with van der Waals surface area (Å²) in [4.78, 5) is 4.28. The number of aryl methyl sites for hydroxylation is 1. The van der Waals surface area contributed by atoms with Gasteiger partial charge in [-0.15, -0.1) is 10.2 Å². The van der Waals surface area contributed by atoms with E-state index in [1.165, 1.54) is 0 Å². The zero-order valence-corrected chi connectivity index (χ0v) is 17.6. The number of hydrogen-bond donors (Lipinski definition) is 1. The summed E-state index contributed by atoms with van der Waals surface area (Å²) in [5, 5.41) is 17.6. The van der Waals surface area contributed by atoms with Crippen molar-refractivity contribution in [2.24, 2.45) is 0 Å². The van der Waals surface area contributed by atoms with Gasteiger partial charge in [0.1, 0.15) is 11.6 Å². The first-order chi connectivity index (χ1) is 14.1. The summed E-state index contributed by atoms with van der Waals surface area (Å²) >= 11 is 9.59. The second-order valence-corrected chi connectivity index (χ2v) is 7.94. The summed E-state index contributed by atoms with van der Waals surface area (Å²) in [6, 6.07) is 11.3. The first kappa shape index (κ1) is 18.1. The number of ether oxygens (including phenoxy) is 1. The predicted octanol–water partition coefficient (Wildman–Crippen LogP) is 5.11. The molecule has 0 radical (unpaired) electrons. The molecule has 1 aromatic carbocycles. The Balaban J connectivity index is 1.55. The lowest BCUT2D eigenvalue weighted by atomic mass is 10.2. The van der Waals surface area contributed by atoms with Gasteiger partial charge in [0.05, 0.1) is 12.1 Å². The number of H-pyrrole nitrogens is 1. The molecule has 0 unspecified atom stereocenters. The van der Waals surface area contributed by atoms with Crippen LogP contribution in [0.15, 0.2) is 53.3 Å². The molecular weight excluding hydrogens is 456 g/mol. The van der Waals surface area contributed by atoms with Crippen molar-refractivity contribution in [2.45, 2.75) is 13.3 Å². The molecule has 0 amide bonds. The minimum Gasteiger partial charge on any atom is -0.453 e. The van der Waals surface area contributed by atoms with Crippen molar-refractivity contribution in [3.05, 3.63) is 75.4 Å². The highest BCUT2D eigenvalue weighted by Crippen LogP contribution is 2.33. The van der Waals surface area contributed by atoms with Crippen molar-refractivity contribution in [3.63, 3.8) is 0 Å². The molecule has 1 N–H and O–H groups in total. The van der Waals surface area contributed by atoms with Gasteiger partial charge in [-0.2, -0.15) is 5.10 Å². The fourth-order valence-corrected chi connectivity index (χ4v) is 4.05. The van der Waals surface area contributed by atoms with Gasteiger partial charge < -0.3 is 4.74 Å².